The Morgan fingerprint density at radius 1 is 1.08 bits per heavy atom. The van der Waals surface area contributed by atoms with Crippen LogP contribution in [0.15, 0.2) is 53.4 Å². The number of benzene rings is 2. The van der Waals surface area contributed by atoms with Gasteiger partial charge in [0.25, 0.3) is 15.9 Å². The van der Waals surface area contributed by atoms with E-state index in [0.29, 0.717) is 5.56 Å². The summed E-state index contributed by atoms with van der Waals surface area (Å²) in [5, 5.41) is 2.85. The van der Waals surface area contributed by atoms with Crippen LogP contribution in [-0.2, 0) is 10.0 Å². The fourth-order valence-electron chi connectivity index (χ4n) is 2.09. The molecule has 0 aliphatic carbocycles. The predicted octanol–water partition coefficient (Wildman–Crippen LogP) is 3.32. The fraction of sp³-hybridized carbons (Fsp3) is 0.278. The van der Waals surface area contributed by atoms with Crippen LogP contribution in [-0.4, -0.2) is 20.4 Å². The zero-order valence-electron chi connectivity index (χ0n) is 14.0. The van der Waals surface area contributed by atoms with Crippen LogP contribution in [0.2, 0.25) is 0 Å². The lowest BCUT2D eigenvalue weighted by Crippen LogP contribution is -2.32. The highest BCUT2D eigenvalue weighted by molar-refractivity contribution is 7.92. The standard InChI is InChI=1S/C18H22N2O3S/c1-4-14(3)19-18(21)16-7-5-6-8-17(16)20-24(22,23)15-11-9-13(2)10-12-15/h5-12,14,20H,4H2,1-3H3,(H,19,21)/t14-/m1/s1. The molecule has 5 nitrogen and oxygen atoms in total. The summed E-state index contributed by atoms with van der Waals surface area (Å²) in [5.41, 5.74) is 1.54. The van der Waals surface area contributed by atoms with Gasteiger partial charge in [0.15, 0.2) is 0 Å². The van der Waals surface area contributed by atoms with Crippen molar-refractivity contribution in [1.29, 1.82) is 0 Å². The van der Waals surface area contributed by atoms with Crippen LogP contribution in [0, 0.1) is 6.92 Å². The Labute approximate surface area is 143 Å². The Hall–Kier alpha value is -2.34. The van der Waals surface area contributed by atoms with Crippen LogP contribution >= 0.6 is 0 Å². The first-order chi connectivity index (χ1) is 11.3. The summed E-state index contributed by atoms with van der Waals surface area (Å²) in [4.78, 5) is 12.5. The van der Waals surface area contributed by atoms with Crippen molar-refractivity contribution in [2.75, 3.05) is 4.72 Å². The van der Waals surface area contributed by atoms with Crippen LogP contribution in [0.3, 0.4) is 0 Å². The monoisotopic (exact) mass is 346 g/mol. The third-order valence-corrected chi connectivity index (χ3v) is 5.12. The Bertz CT molecular complexity index is 814. The quantitative estimate of drug-likeness (QED) is 0.842. The number of nitrogens with one attached hydrogen (secondary N) is 2. The van der Waals surface area contributed by atoms with E-state index in [0.717, 1.165) is 12.0 Å². The molecule has 1 amide bonds. The second kappa shape index (κ2) is 7.49. The maximum Gasteiger partial charge on any atom is 0.261 e. The summed E-state index contributed by atoms with van der Waals surface area (Å²) in [6.45, 7) is 5.76. The summed E-state index contributed by atoms with van der Waals surface area (Å²) in [6, 6.07) is 13.1. The number of para-hydroxylation sites is 1. The van der Waals surface area contributed by atoms with E-state index in [9.17, 15) is 13.2 Å². The molecular weight excluding hydrogens is 324 g/mol. The van der Waals surface area contributed by atoms with E-state index in [1.807, 2.05) is 20.8 Å². The first-order valence-corrected chi connectivity index (χ1v) is 9.31. The summed E-state index contributed by atoms with van der Waals surface area (Å²) in [7, 11) is -3.75. The third-order valence-electron chi connectivity index (χ3n) is 3.74. The van der Waals surface area contributed by atoms with Crippen LogP contribution in [0.5, 0.6) is 0 Å². The molecule has 2 rings (SSSR count). The largest absolute Gasteiger partial charge is 0.350 e. The van der Waals surface area contributed by atoms with Gasteiger partial charge < -0.3 is 5.32 Å². The van der Waals surface area contributed by atoms with E-state index in [4.69, 9.17) is 0 Å². The topological polar surface area (TPSA) is 75.3 Å². The van der Waals surface area contributed by atoms with Crippen molar-refractivity contribution in [3.8, 4) is 0 Å². The number of carbonyl (C=O) groups excluding carboxylic acids is 1. The molecule has 0 fully saturated rings. The van der Waals surface area contributed by atoms with Crippen molar-refractivity contribution in [2.45, 2.75) is 38.1 Å². The molecular formula is C18H22N2O3S. The van der Waals surface area contributed by atoms with E-state index in [2.05, 4.69) is 10.0 Å². The van der Waals surface area contributed by atoms with Crippen molar-refractivity contribution in [2.24, 2.45) is 0 Å². The van der Waals surface area contributed by atoms with Gasteiger partial charge in [-0.2, -0.15) is 0 Å². The van der Waals surface area contributed by atoms with Crippen LogP contribution in [0.25, 0.3) is 0 Å². The summed E-state index contributed by atoms with van der Waals surface area (Å²) in [5.74, 6) is -0.299. The maximum absolute atomic E-state index is 12.5. The lowest BCUT2D eigenvalue weighted by Gasteiger charge is -2.15. The van der Waals surface area contributed by atoms with Crippen LogP contribution in [0.4, 0.5) is 5.69 Å². The molecule has 128 valence electrons. The van der Waals surface area contributed by atoms with Crippen LogP contribution < -0.4 is 10.0 Å². The molecule has 24 heavy (non-hydrogen) atoms. The maximum atomic E-state index is 12.5. The van der Waals surface area contributed by atoms with Crippen molar-refractivity contribution in [3.63, 3.8) is 0 Å². The highest BCUT2D eigenvalue weighted by Gasteiger charge is 2.19. The van der Waals surface area contributed by atoms with Gasteiger partial charge in [-0.3, -0.25) is 9.52 Å². The number of anilines is 1. The fourth-order valence-corrected chi connectivity index (χ4v) is 3.17. The molecule has 0 bridgehead atoms. The summed E-state index contributed by atoms with van der Waals surface area (Å²) >= 11 is 0. The highest BCUT2D eigenvalue weighted by atomic mass is 32.2. The molecule has 6 heteroatoms. The van der Waals surface area contributed by atoms with E-state index in [-0.39, 0.29) is 22.5 Å². The number of carbonyl (C=O) groups is 1. The van der Waals surface area contributed by atoms with Gasteiger partial charge in [0.2, 0.25) is 0 Å². The molecule has 2 aromatic rings. The number of rotatable bonds is 6. The molecule has 0 radical (unpaired) electrons. The normalized spacial score (nSPS) is 12.5. The van der Waals surface area contributed by atoms with Gasteiger partial charge >= 0.3 is 0 Å². The molecule has 0 heterocycles. The molecule has 2 aromatic carbocycles. The van der Waals surface area contributed by atoms with E-state index >= 15 is 0 Å². The lowest BCUT2D eigenvalue weighted by atomic mass is 10.1. The van der Waals surface area contributed by atoms with E-state index in [1.54, 1.807) is 48.5 Å². The van der Waals surface area contributed by atoms with Crippen LogP contribution in [0.1, 0.15) is 36.2 Å². The molecule has 0 saturated carbocycles. The minimum absolute atomic E-state index is 0.0132. The van der Waals surface area contributed by atoms with Crippen molar-refractivity contribution in [1.82, 2.24) is 5.32 Å². The average Bonchev–Trinajstić information content (AvgIpc) is 2.55. The predicted molar refractivity (Wildman–Crippen MR) is 95.6 cm³/mol. The molecule has 2 N–H and O–H groups in total. The van der Waals surface area contributed by atoms with E-state index in [1.165, 1.54) is 0 Å². The lowest BCUT2D eigenvalue weighted by molar-refractivity contribution is 0.0940. The van der Waals surface area contributed by atoms with Gasteiger partial charge in [-0.05, 0) is 44.5 Å². The number of sulfonamides is 1. The number of aryl methyl sites for hydroxylation is 1. The molecule has 0 aromatic heterocycles. The Kier molecular flexibility index (Phi) is 5.62. The Morgan fingerprint density at radius 3 is 2.33 bits per heavy atom. The molecule has 0 unspecified atom stereocenters. The van der Waals surface area contributed by atoms with Crippen molar-refractivity contribution in [3.05, 3.63) is 59.7 Å². The molecule has 0 aliphatic heterocycles. The van der Waals surface area contributed by atoms with E-state index < -0.39 is 10.0 Å². The van der Waals surface area contributed by atoms with Crippen molar-refractivity contribution < 1.29 is 13.2 Å². The second-order valence-electron chi connectivity index (χ2n) is 5.75. The molecule has 0 saturated heterocycles. The number of hydrogen-bond acceptors (Lipinski definition) is 3. The van der Waals surface area contributed by atoms with Gasteiger partial charge in [0, 0.05) is 6.04 Å². The molecule has 0 aliphatic rings. The summed E-state index contributed by atoms with van der Waals surface area (Å²) < 4.78 is 27.6. The Morgan fingerprint density at radius 2 is 1.71 bits per heavy atom. The zero-order chi connectivity index (χ0) is 17.7. The minimum Gasteiger partial charge on any atom is -0.350 e. The Balaban J connectivity index is 2.30. The number of hydrogen-bond donors (Lipinski definition) is 2. The smallest absolute Gasteiger partial charge is 0.261 e. The summed E-state index contributed by atoms with van der Waals surface area (Å²) in [6.07, 6.45) is 0.795. The first kappa shape index (κ1) is 18.0. The van der Waals surface area contributed by atoms with Crippen molar-refractivity contribution >= 4 is 21.6 Å². The SMILES string of the molecule is CC[C@@H](C)NC(=O)c1ccccc1NS(=O)(=O)c1ccc(C)cc1. The average molecular weight is 346 g/mol. The second-order valence-corrected chi connectivity index (χ2v) is 7.43. The third kappa shape index (κ3) is 4.35. The van der Waals surface area contributed by atoms with Gasteiger partial charge in [-0.25, -0.2) is 8.42 Å². The van der Waals surface area contributed by atoms with Gasteiger partial charge in [0.05, 0.1) is 16.1 Å². The van der Waals surface area contributed by atoms with Gasteiger partial charge in [0.1, 0.15) is 0 Å². The molecule has 1 atom stereocenters. The first-order valence-electron chi connectivity index (χ1n) is 7.83. The van der Waals surface area contributed by atoms with Gasteiger partial charge in [-0.15, -0.1) is 0 Å². The van der Waals surface area contributed by atoms with Gasteiger partial charge in [-0.1, -0.05) is 36.8 Å². The molecule has 0 spiro atoms. The zero-order valence-corrected chi connectivity index (χ0v) is 14.9. The highest BCUT2D eigenvalue weighted by Crippen LogP contribution is 2.20. The minimum atomic E-state index is -3.75. The number of amides is 1.